The summed E-state index contributed by atoms with van der Waals surface area (Å²) in [4.78, 5) is 7.24. The minimum Gasteiger partial charge on any atom is -0.376 e. The lowest BCUT2D eigenvalue weighted by Gasteiger charge is -2.31. The summed E-state index contributed by atoms with van der Waals surface area (Å²) in [5, 5.41) is 0. The summed E-state index contributed by atoms with van der Waals surface area (Å²) >= 11 is 0. The van der Waals surface area contributed by atoms with Gasteiger partial charge in [-0.15, -0.1) is 0 Å². The second-order valence-electron chi connectivity index (χ2n) is 6.03. The van der Waals surface area contributed by atoms with E-state index >= 15 is 0 Å². The molecule has 2 unspecified atom stereocenters. The Balaban J connectivity index is 1.94. The second kappa shape index (κ2) is 5.70. The normalized spacial score (nSPS) is 25.6. The van der Waals surface area contributed by atoms with Crippen molar-refractivity contribution in [2.75, 3.05) is 18.6 Å². The van der Waals surface area contributed by atoms with Gasteiger partial charge in [-0.3, -0.25) is 0 Å². The molecule has 2 N–H and O–H groups in total. The van der Waals surface area contributed by atoms with Crippen LogP contribution in [0.4, 0.5) is 5.82 Å². The molecule has 4 heteroatoms. The van der Waals surface area contributed by atoms with Crippen molar-refractivity contribution in [1.82, 2.24) is 4.98 Å². The number of hydrogen-bond donors (Lipinski definition) is 1. The van der Waals surface area contributed by atoms with Crippen molar-refractivity contribution < 1.29 is 4.74 Å². The molecule has 0 amide bonds. The fraction of sp³-hybridized carbons (Fsp3) is 0.688. The highest BCUT2D eigenvalue weighted by Crippen LogP contribution is 2.29. The van der Waals surface area contributed by atoms with Gasteiger partial charge < -0.3 is 15.4 Å². The van der Waals surface area contributed by atoms with Gasteiger partial charge in [0.1, 0.15) is 5.82 Å². The molecule has 1 aliphatic heterocycles. The molecule has 0 saturated carbocycles. The summed E-state index contributed by atoms with van der Waals surface area (Å²) in [7, 11) is 2.13. The van der Waals surface area contributed by atoms with E-state index in [9.17, 15) is 0 Å². The lowest BCUT2D eigenvalue weighted by molar-refractivity contribution is 0.118. The molecule has 0 radical (unpaired) electrons. The van der Waals surface area contributed by atoms with Crippen molar-refractivity contribution in [3.8, 4) is 0 Å². The van der Waals surface area contributed by atoms with E-state index in [0.29, 0.717) is 12.6 Å². The van der Waals surface area contributed by atoms with Crippen LogP contribution in [0.2, 0.25) is 0 Å². The van der Waals surface area contributed by atoms with Crippen molar-refractivity contribution in [2.45, 2.75) is 57.7 Å². The number of rotatable bonds is 3. The van der Waals surface area contributed by atoms with Crippen LogP contribution in [-0.2, 0) is 24.1 Å². The molecular weight excluding hydrogens is 250 g/mol. The average molecular weight is 275 g/mol. The topological polar surface area (TPSA) is 51.4 Å². The molecule has 20 heavy (non-hydrogen) atoms. The van der Waals surface area contributed by atoms with Gasteiger partial charge in [0, 0.05) is 31.5 Å². The minimum absolute atomic E-state index is 0.267. The Kier molecular flexibility index (Phi) is 3.94. The predicted octanol–water partition coefficient (Wildman–Crippen LogP) is 2.03. The van der Waals surface area contributed by atoms with Crippen LogP contribution in [0.3, 0.4) is 0 Å². The summed E-state index contributed by atoms with van der Waals surface area (Å²) in [5.41, 5.74) is 9.82. The summed E-state index contributed by atoms with van der Waals surface area (Å²) in [6.45, 7) is 3.55. The van der Waals surface area contributed by atoms with E-state index in [1.807, 2.05) is 0 Å². The van der Waals surface area contributed by atoms with Gasteiger partial charge in [0.05, 0.1) is 12.1 Å². The van der Waals surface area contributed by atoms with Crippen LogP contribution in [0.25, 0.3) is 0 Å². The van der Waals surface area contributed by atoms with E-state index in [-0.39, 0.29) is 6.10 Å². The largest absolute Gasteiger partial charge is 0.376 e. The zero-order chi connectivity index (χ0) is 14.1. The molecule has 110 valence electrons. The average Bonchev–Trinajstić information content (AvgIpc) is 2.91. The minimum atomic E-state index is 0.267. The third-order valence-corrected chi connectivity index (χ3v) is 4.74. The van der Waals surface area contributed by atoms with Crippen LogP contribution in [-0.4, -0.2) is 30.8 Å². The highest BCUT2D eigenvalue weighted by molar-refractivity contribution is 5.51. The lowest BCUT2D eigenvalue weighted by Crippen LogP contribution is -2.38. The smallest absolute Gasteiger partial charge is 0.133 e. The molecule has 1 aromatic heterocycles. The number of hydrogen-bond acceptors (Lipinski definition) is 4. The number of nitrogens with two attached hydrogens (primary N) is 1. The van der Waals surface area contributed by atoms with Crippen molar-refractivity contribution in [3.63, 3.8) is 0 Å². The predicted molar refractivity (Wildman–Crippen MR) is 81.0 cm³/mol. The van der Waals surface area contributed by atoms with Crippen molar-refractivity contribution >= 4 is 5.82 Å². The number of nitrogens with zero attached hydrogens (tertiary/aromatic N) is 2. The van der Waals surface area contributed by atoms with Gasteiger partial charge in [-0.05, 0) is 50.7 Å². The Labute approximate surface area is 121 Å². The standard InChI is InChI=1S/C16H25N3O/c1-11-15(7-8-20-11)19(2)16-13(10-17)9-12-5-3-4-6-14(12)18-16/h9,11,15H,3-8,10,17H2,1-2H3. The molecule has 1 aliphatic carbocycles. The van der Waals surface area contributed by atoms with E-state index in [1.54, 1.807) is 0 Å². The molecule has 0 spiro atoms. The lowest BCUT2D eigenvalue weighted by atomic mass is 9.94. The fourth-order valence-electron chi connectivity index (χ4n) is 3.51. The number of anilines is 1. The Hall–Kier alpha value is -1.13. The monoisotopic (exact) mass is 275 g/mol. The molecule has 2 heterocycles. The molecule has 2 atom stereocenters. The van der Waals surface area contributed by atoms with Crippen molar-refractivity contribution in [1.29, 1.82) is 0 Å². The zero-order valence-electron chi connectivity index (χ0n) is 12.6. The van der Waals surface area contributed by atoms with Gasteiger partial charge in [0.2, 0.25) is 0 Å². The Morgan fingerprint density at radius 1 is 1.40 bits per heavy atom. The maximum Gasteiger partial charge on any atom is 0.133 e. The maximum atomic E-state index is 5.96. The van der Waals surface area contributed by atoms with Gasteiger partial charge in [-0.25, -0.2) is 4.98 Å². The van der Waals surface area contributed by atoms with E-state index in [2.05, 4.69) is 24.9 Å². The fourth-order valence-corrected chi connectivity index (χ4v) is 3.51. The number of fused-ring (bicyclic) bond motifs is 1. The molecule has 0 aromatic carbocycles. The van der Waals surface area contributed by atoms with Crippen LogP contribution in [0, 0.1) is 0 Å². The summed E-state index contributed by atoms with van der Waals surface area (Å²) in [6.07, 6.45) is 6.14. The number of aromatic nitrogens is 1. The van der Waals surface area contributed by atoms with Gasteiger partial charge >= 0.3 is 0 Å². The first-order valence-corrected chi connectivity index (χ1v) is 7.77. The van der Waals surface area contributed by atoms with Crippen molar-refractivity contribution in [3.05, 3.63) is 22.9 Å². The molecule has 1 aromatic rings. The molecule has 1 fully saturated rings. The van der Waals surface area contributed by atoms with Crippen LogP contribution in [0.5, 0.6) is 0 Å². The SMILES string of the molecule is CC1OCCC1N(C)c1nc2c(cc1CN)CCCC2. The summed E-state index contributed by atoms with van der Waals surface area (Å²) in [6, 6.07) is 2.70. The Bertz CT molecular complexity index is 489. The number of ether oxygens (including phenoxy) is 1. The number of aryl methyl sites for hydroxylation is 2. The molecule has 1 saturated heterocycles. The van der Waals surface area contributed by atoms with E-state index in [0.717, 1.165) is 31.7 Å². The first kappa shape index (κ1) is 13.8. The van der Waals surface area contributed by atoms with Crippen LogP contribution >= 0.6 is 0 Å². The first-order valence-electron chi connectivity index (χ1n) is 7.77. The van der Waals surface area contributed by atoms with Gasteiger partial charge in [0.25, 0.3) is 0 Å². The third kappa shape index (κ3) is 2.42. The molecule has 0 bridgehead atoms. The second-order valence-corrected chi connectivity index (χ2v) is 6.03. The maximum absolute atomic E-state index is 5.96. The van der Waals surface area contributed by atoms with Crippen LogP contribution in [0.15, 0.2) is 6.07 Å². The van der Waals surface area contributed by atoms with Crippen LogP contribution in [0.1, 0.15) is 43.0 Å². The molecule has 4 nitrogen and oxygen atoms in total. The highest BCUT2D eigenvalue weighted by atomic mass is 16.5. The van der Waals surface area contributed by atoms with Crippen LogP contribution < -0.4 is 10.6 Å². The quantitative estimate of drug-likeness (QED) is 0.917. The van der Waals surface area contributed by atoms with E-state index in [4.69, 9.17) is 15.5 Å². The van der Waals surface area contributed by atoms with Gasteiger partial charge in [-0.2, -0.15) is 0 Å². The van der Waals surface area contributed by atoms with E-state index in [1.165, 1.54) is 29.7 Å². The molecule has 2 aliphatic rings. The zero-order valence-corrected chi connectivity index (χ0v) is 12.6. The molecule has 3 rings (SSSR count). The van der Waals surface area contributed by atoms with Gasteiger partial charge in [-0.1, -0.05) is 0 Å². The Morgan fingerprint density at radius 2 is 2.20 bits per heavy atom. The highest BCUT2D eigenvalue weighted by Gasteiger charge is 2.30. The number of likely N-dealkylation sites (N-methyl/N-ethyl adjacent to an activating group) is 1. The third-order valence-electron chi connectivity index (χ3n) is 4.74. The molecular formula is C16H25N3O. The van der Waals surface area contributed by atoms with Gasteiger partial charge in [0.15, 0.2) is 0 Å². The summed E-state index contributed by atoms with van der Waals surface area (Å²) < 4.78 is 5.69. The van der Waals surface area contributed by atoms with Crippen molar-refractivity contribution in [2.24, 2.45) is 5.73 Å². The first-order chi connectivity index (χ1) is 9.70. The van der Waals surface area contributed by atoms with E-state index < -0.39 is 0 Å². The summed E-state index contributed by atoms with van der Waals surface area (Å²) in [5.74, 6) is 1.07. The Morgan fingerprint density at radius 3 is 2.90 bits per heavy atom. The number of pyridine rings is 1.